The molecule has 7 heteroatoms. The molecule has 1 aliphatic rings. The van der Waals surface area contributed by atoms with Gasteiger partial charge in [-0.05, 0) is 18.2 Å². The molecule has 1 aromatic heterocycles. The van der Waals surface area contributed by atoms with Crippen LogP contribution in [-0.4, -0.2) is 34.1 Å². The molecular formula is C13H11FN2O4. The van der Waals surface area contributed by atoms with Gasteiger partial charge >= 0.3 is 5.97 Å². The molecular weight excluding hydrogens is 267 g/mol. The number of hydrogen-bond acceptors (Lipinski definition) is 4. The number of aromatic nitrogens is 2. The van der Waals surface area contributed by atoms with E-state index in [2.05, 4.69) is 5.10 Å². The van der Waals surface area contributed by atoms with Crippen LogP contribution in [0.15, 0.2) is 18.2 Å². The molecule has 0 unspecified atom stereocenters. The molecule has 0 saturated heterocycles. The molecule has 3 rings (SSSR count). The van der Waals surface area contributed by atoms with Crippen molar-refractivity contribution in [2.75, 3.05) is 13.2 Å². The minimum Gasteiger partial charge on any atom is -0.486 e. The number of nitrogens with zero attached hydrogens (tertiary/aromatic N) is 2. The topological polar surface area (TPSA) is 73.6 Å². The Labute approximate surface area is 113 Å². The van der Waals surface area contributed by atoms with E-state index in [0.717, 1.165) is 0 Å². The average Bonchev–Trinajstić information content (AvgIpc) is 2.82. The van der Waals surface area contributed by atoms with Crippen molar-refractivity contribution < 1.29 is 23.8 Å². The van der Waals surface area contributed by atoms with E-state index in [4.69, 9.17) is 14.6 Å². The van der Waals surface area contributed by atoms with E-state index in [1.807, 2.05) is 0 Å². The highest BCUT2D eigenvalue weighted by Gasteiger charge is 2.23. The highest BCUT2D eigenvalue weighted by Crippen LogP contribution is 2.38. The van der Waals surface area contributed by atoms with Crippen LogP contribution in [0.4, 0.5) is 4.39 Å². The lowest BCUT2D eigenvalue weighted by Gasteiger charge is -2.19. The average molecular weight is 278 g/mol. The van der Waals surface area contributed by atoms with Gasteiger partial charge in [-0.3, -0.25) is 4.68 Å². The summed E-state index contributed by atoms with van der Waals surface area (Å²) in [5, 5.41) is 12.7. The van der Waals surface area contributed by atoms with Gasteiger partial charge in [0.15, 0.2) is 23.0 Å². The molecule has 0 radical (unpaired) electrons. The highest BCUT2D eigenvalue weighted by molar-refractivity contribution is 5.87. The third kappa shape index (κ3) is 1.87. The zero-order valence-corrected chi connectivity index (χ0v) is 10.6. The molecule has 0 amide bonds. The summed E-state index contributed by atoms with van der Waals surface area (Å²) in [6.07, 6.45) is 0. The van der Waals surface area contributed by atoms with Crippen molar-refractivity contribution in [1.29, 1.82) is 0 Å². The van der Waals surface area contributed by atoms with E-state index in [0.29, 0.717) is 18.1 Å². The van der Waals surface area contributed by atoms with Gasteiger partial charge in [0.25, 0.3) is 0 Å². The Balaban J connectivity index is 2.13. The zero-order chi connectivity index (χ0) is 14.3. The summed E-state index contributed by atoms with van der Waals surface area (Å²) in [4.78, 5) is 10.9. The van der Waals surface area contributed by atoms with E-state index >= 15 is 0 Å². The first-order valence-electron chi connectivity index (χ1n) is 5.93. The monoisotopic (exact) mass is 278 g/mol. The van der Waals surface area contributed by atoms with Gasteiger partial charge in [-0.1, -0.05) is 0 Å². The predicted octanol–water partition coefficient (Wildman–Crippen LogP) is 1.70. The molecule has 0 spiro atoms. The number of carbonyl (C=O) groups is 1. The van der Waals surface area contributed by atoms with Crippen LogP contribution in [0.5, 0.6) is 11.5 Å². The molecule has 0 aliphatic carbocycles. The summed E-state index contributed by atoms with van der Waals surface area (Å²) in [6.45, 7) is 0.653. The second-order valence-corrected chi connectivity index (χ2v) is 4.29. The molecule has 0 bridgehead atoms. The van der Waals surface area contributed by atoms with E-state index in [1.165, 1.54) is 16.8 Å². The van der Waals surface area contributed by atoms with Crippen LogP contribution in [0, 0.1) is 5.82 Å². The van der Waals surface area contributed by atoms with Crippen LogP contribution in [0.1, 0.15) is 10.5 Å². The predicted molar refractivity (Wildman–Crippen MR) is 66.6 cm³/mol. The van der Waals surface area contributed by atoms with Gasteiger partial charge in [-0.15, -0.1) is 0 Å². The van der Waals surface area contributed by atoms with E-state index in [1.54, 1.807) is 13.1 Å². The molecule has 1 aromatic carbocycles. The van der Waals surface area contributed by atoms with Crippen LogP contribution < -0.4 is 9.47 Å². The minimum absolute atomic E-state index is 0.0480. The molecule has 104 valence electrons. The van der Waals surface area contributed by atoms with Gasteiger partial charge in [0.1, 0.15) is 13.2 Å². The van der Waals surface area contributed by atoms with Crippen molar-refractivity contribution in [3.63, 3.8) is 0 Å². The molecule has 2 aromatic rings. The third-order valence-electron chi connectivity index (χ3n) is 3.02. The van der Waals surface area contributed by atoms with Crippen molar-refractivity contribution in [2.45, 2.75) is 0 Å². The second kappa shape index (κ2) is 4.52. The lowest BCUT2D eigenvalue weighted by atomic mass is 10.1. The van der Waals surface area contributed by atoms with Gasteiger partial charge in [0.05, 0.1) is 5.69 Å². The molecule has 0 saturated carbocycles. The number of rotatable bonds is 2. The molecule has 1 N–H and O–H groups in total. The maximum Gasteiger partial charge on any atom is 0.356 e. The fraction of sp³-hybridized carbons (Fsp3) is 0.231. The van der Waals surface area contributed by atoms with Crippen molar-refractivity contribution in [3.05, 3.63) is 29.7 Å². The number of aromatic carboxylic acids is 1. The van der Waals surface area contributed by atoms with E-state index < -0.39 is 11.8 Å². The van der Waals surface area contributed by atoms with Gasteiger partial charge in [-0.2, -0.15) is 5.10 Å². The fourth-order valence-electron chi connectivity index (χ4n) is 2.10. The maximum atomic E-state index is 14.4. The van der Waals surface area contributed by atoms with Gasteiger partial charge in [0, 0.05) is 12.6 Å². The van der Waals surface area contributed by atoms with Crippen molar-refractivity contribution in [2.24, 2.45) is 7.05 Å². The molecule has 2 heterocycles. The molecule has 6 nitrogen and oxygen atoms in total. The standard InChI is InChI=1S/C13H11FN2O4/c1-16-9(6-8(15-16)13(17)18)7-2-3-10-12(11(7)14)20-5-4-19-10/h2-3,6H,4-5H2,1H3,(H,17,18). The van der Waals surface area contributed by atoms with Crippen LogP contribution >= 0.6 is 0 Å². The van der Waals surface area contributed by atoms with E-state index in [-0.39, 0.29) is 23.6 Å². The number of aryl methyl sites for hydroxylation is 1. The Morgan fingerprint density at radius 2 is 2.15 bits per heavy atom. The van der Waals surface area contributed by atoms with Crippen LogP contribution in [-0.2, 0) is 7.05 Å². The Kier molecular flexibility index (Phi) is 2.81. The quantitative estimate of drug-likeness (QED) is 0.905. The Hall–Kier alpha value is -2.57. The first kappa shape index (κ1) is 12.5. The smallest absolute Gasteiger partial charge is 0.356 e. The maximum absolute atomic E-state index is 14.4. The lowest BCUT2D eigenvalue weighted by molar-refractivity contribution is 0.0689. The Morgan fingerprint density at radius 1 is 1.40 bits per heavy atom. The van der Waals surface area contributed by atoms with Crippen molar-refractivity contribution >= 4 is 5.97 Å². The number of benzene rings is 1. The first-order chi connectivity index (χ1) is 9.58. The number of ether oxygens (including phenoxy) is 2. The molecule has 20 heavy (non-hydrogen) atoms. The number of hydrogen-bond donors (Lipinski definition) is 1. The van der Waals surface area contributed by atoms with Crippen LogP contribution in [0.3, 0.4) is 0 Å². The van der Waals surface area contributed by atoms with Gasteiger partial charge < -0.3 is 14.6 Å². The first-order valence-corrected chi connectivity index (χ1v) is 5.93. The summed E-state index contributed by atoms with van der Waals surface area (Å²) in [7, 11) is 1.55. The number of fused-ring (bicyclic) bond motifs is 1. The largest absolute Gasteiger partial charge is 0.486 e. The summed E-state index contributed by atoms with van der Waals surface area (Å²) in [5.41, 5.74) is 0.436. The molecule has 1 aliphatic heterocycles. The van der Waals surface area contributed by atoms with Crippen molar-refractivity contribution in [3.8, 4) is 22.8 Å². The minimum atomic E-state index is -1.16. The molecule has 0 atom stereocenters. The zero-order valence-electron chi connectivity index (χ0n) is 10.6. The normalized spacial score (nSPS) is 13.3. The number of halogens is 1. The van der Waals surface area contributed by atoms with Gasteiger partial charge in [-0.25, -0.2) is 9.18 Å². The number of carboxylic acid groups (broad SMARTS) is 1. The SMILES string of the molecule is Cn1nc(C(=O)O)cc1-c1ccc2c(c1F)OCCO2. The summed E-state index contributed by atoms with van der Waals surface area (Å²) in [5.74, 6) is -1.35. The Morgan fingerprint density at radius 3 is 2.85 bits per heavy atom. The lowest BCUT2D eigenvalue weighted by Crippen LogP contribution is -2.16. The Bertz CT molecular complexity index is 696. The van der Waals surface area contributed by atoms with E-state index in [9.17, 15) is 9.18 Å². The fourth-order valence-corrected chi connectivity index (χ4v) is 2.10. The summed E-state index contributed by atoms with van der Waals surface area (Å²) < 4.78 is 26.3. The van der Waals surface area contributed by atoms with Crippen molar-refractivity contribution in [1.82, 2.24) is 9.78 Å². The summed E-state index contributed by atoms with van der Waals surface area (Å²) in [6, 6.07) is 4.43. The van der Waals surface area contributed by atoms with Crippen LogP contribution in [0.2, 0.25) is 0 Å². The second-order valence-electron chi connectivity index (χ2n) is 4.29. The van der Waals surface area contributed by atoms with Crippen LogP contribution in [0.25, 0.3) is 11.3 Å². The number of carboxylic acids is 1. The summed E-state index contributed by atoms with van der Waals surface area (Å²) >= 11 is 0. The highest BCUT2D eigenvalue weighted by atomic mass is 19.1. The third-order valence-corrected chi connectivity index (χ3v) is 3.02. The molecule has 0 fully saturated rings. The van der Waals surface area contributed by atoms with Gasteiger partial charge in [0.2, 0.25) is 0 Å².